The first kappa shape index (κ1) is 16.5. The first-order chi connectivity index (χ1) is 10.5. The number of rotatable bonds is 3. The molecule has 6 heteroatoms. The SMILES string of the molecule is Cc1ccc(-c2nc(CI)c(C)o2)o1.Cc1ccc(C=O)o1. The third-order valence-corrected chi connectivity index (χ3v) is 3.57. The van der Waals surface area contributed by atoms with Gasteiger partial charge in [-0.05, 0) is 45.0 Å². The Hall–Kier alpha value is -1.83. The summed E-state index contributed by atoms with van der Waals surface area (Å²) in [6.07, 6.45) is 0.688. The van der Waals surface area contributed by atoms with Crippen molar-refractivity contribution < 1.29 is 18.0 Å². The Morgan fingerprint density at radius 2 is 1.73 bits per heavy atom. The summed E-state index contributed by atoms with van der Waals surface area (Å²) in [4.78, 5) is 14.3. The number of hydrogen-bond donors (Lipinski definition) is 0. The third-order valence-electron chi connectivity index (χ3n) is 2.85. The van der Waals surface area contributed by atoms with E-state index in [1.165, 1.54) is 0 Å². The van der Waals surface area contributed by atoms with Crippen molar-refractivity contribution in [3.8, 4) is 11.7 Å². The maximum absolute atomic E-state index is 9.93. The topological polar surface area (TPSA) is 69.4 Å². The Labute approximate surface area is 141 Å². The van der Waals surface area contributed by atoms with Crippen LogP contribution in [0.5, 0.6) is 0 Å². The first-order valence-electron chi connectivity index (χ1n) is 6.64. The van der Waals surface area contributed by atoms with Gasteiger partial charge in [0.2, 0.25) is 0 Å². The zero-order valence-electron chi connectivity index (χ0n) is 12.6. The van der Waals surface area contributed by atoms with Crippen molar-refractivity contribution in [1.82, 2.24) is 4.98 Å². The summed E-state index contributed by atoms with van der Waals surface area (Å²) in [6.45, 7) is 5.62. The van der Waals surface area contributed by atoms with E-state index >= 15 is 0 Å². The second-order valence-electron chi connectivity index (χ2n) is 4.63. The molecule has 0 fully saturated rings. The molecule has 22 heavy (non-hydrogen) atoms. The number of carbonyl (C=O) groups excluding carboxylic acids is 1. The molecule has 3 aromatic heterocycles. The maximum atomic E-state index is 9.93. The third kappa shape index (κ3) is 4.09. The van der Waals surface area contributed by atoms with Crippen molar-refractivity contribution in [2.45, 2.75) is 25.2 Å². The van der Waals surface area contributed by atoms with Crippen LogP contribution in [0.3, 0.4) is 0 Å². The minimum atomic E-state index is 0.391. The van der Waals surface area contributed by atoms with Gasteiger partial charge in [0.05, 0.1) is 5.69 Å². The van der Waals surface area contributed by atoms with Gasteiger partial charge < -0.3 is 13.3 Å². The highest BCUT2D eigenvalue weighted by Crippen LogP contribution is 2.24. The first-order valence-corrected chi connectivity index (χ1v) is 8.16. The van der Waals surface area contributed by atoms with Crippen molar-refractivity contribution in [2.75, 3.05) is 0 Å². The summed E-state index contributed by atoms with van der Waals surface area (Å²) >= 11 is 2.26. The minimum Gasteiger partial charge on any atom is -0.459 e. The molecule has 0 bridgehead atoms. The summed E-state index contributed by atoms with van der Waals surface area (Å²) < 4.78 is 16.6. The summed E-state index contributed by atoms with van der Waals surface area (Å²) in [5.41, 5.74) is 0.981. The number of aromatic nitrogens is 1. The van der Waals surface area contributed by atoms with E-state index in [4.69, 9.17) is 13.3 Å². The smallest absolute Gasteiger partial charge is 0.263 e. The number of alkyl halides is 1. The van der Waals surface area contributed by atoms with Crippen molar-refractivity contribution in [2.24, 2.45) is 0 Å². The molecule has 0 amide bonds. The van der Waals surface area contributed by atoms with Gasteiger partial charge in [-0.3, -0.25) is 4.79 Å². The molecular weight excluding hydrogens is 397 g/mol. The summed E-state index contributed by atoms with van der Waals surface area (Å²) in [5.74, 6) is 4.16. The average Bonchev–Trinajstić information content (AvgIpc) is 3.19. The van der Waals surface area contributed by atoms with Crippen molar-refractivity contribution in [1.29, 1.82) is 0 Å². The molecule has 0 radical (unpaired) electrons. The number of furan rings is 2. The van der Waals surface area contributed by atoms with Gasteiger partial charge in [-0.15, -0.1) is 0 Å². The highest BCUT2D eigenvalue weighted by atomic mass is 127. The fraction of sp³-hybridized carbons (Fsp3) is 0.250. The molecular formula is C16H16INO4. The number of aldehydes is 1. The lowest BCUT2D eigenvalue weighted by Crippen LogP contribution is -1.79. The van der Waals surface area contributed by atoms with Crippen LogP contribution in [0.1, 0.15) is 33.5 Å². The second kappa shape index (κ2) is 7.44. The van der Waals surface area contributed by atoms with E-state index in [1.807, 2.05) is 26.0 Å². The van der Waals surface area contributed by atoms with Crippen LogP contribution in [0.4, 0.5) is 0 Å². The molecule has 0 atom stereocenters. The fourth-order valence-corrected chi connectivity index (χ4v) is 2.43. The van der Waals surface area contributed by atoms with Crippen LogP contribution >= 0.6 is 22.6 Å². The second-order valence-corrected chi connectivity index (χ2v) is 5.39. The predicted octanol–water partition coefficient (Wildman–Crippen LogP) is 4.89. The monoisotopic (exact) mass is 413 g/mol. The molecule has 0 unspecified atom stereocenters. The Kier molecular flexibility index (Phi) is 5.59. The van der Waals surface area contributed by atoms with Crippen LogP contribution in [0.2, 0.25) is 0 Å². The highest BCUT2D eigenvalue weighted by Gasteiger charge is 2.12. The van der Waals surface area contributed by atoms with Gasteiger partial charge in [0.15, 0.2) is 17.8 Å². The van der Waals surface area contributed by atoms with Crippen molar-refractivity contribution in [3.63, 3.8) is 0 Å². The molecule has 0 aromatic carbocycles. The molecule has 0 aliphatic rings. The zero-order valence-corrected chi connectivity index (χ0v) is 14.7. The lowest BCUT2D eigenvalue weighted by atomic mass is 10.4. The van der Waals surface area contributed by atoms with E-state index in [0.717, 1.165) is 27.4 Å². The molecule has 3 heterocycles. The number of nitrogens with zero attached hydrogens (tertiary/aromatic N) is 1. The van der Waals surface area contributed by atoms with Crippen LogP contribution in [0, 0.1) is 20.8 Å². The Bertz CT molecular complexity index is 754. The predicted molar refractivity (Wildman–Crippen MR) is 90.2 cm³/mol. The lowest BCUT2D eigenvalue weighted by Gasteiger charge is -1.86. The Morgan fingerprint density at radius 1 is 1.05 bits per heavy atom. The summed E-state index contributed by atoms with van der Waals surface area (Å²) in [7, 11) is 0. The van der Waals surface area contributed by atoms with Crippen molar-refractivity contribution in [3.05, 3.63) is 53.0 Å². The molecule has 3 rings (SSSR count). The quantitative estimate of drug-likeness (QED) is 0.348. The van der Waals surface area contributed by atoms with Crippen LogP contribution in [-0.2, 0) is 4.43 Å². The molecule has 0 aliphatic heterocycles. The van der Waals surface area contributed by atoms with E-state index in [-0.39, 0.29) is 0 Å². The normalized spacial score (nSPS) is 10.2. The number of halogens is 1. The Balaban J connectivity index is 0.000000188. The lowest BCUT2D eigenvalue weighted by molar-refractivity contribution is 0.109. The standard InChI is InChI=1S/C10H10INO2.C6H6O2/c1-6-3-4-9(13-6)10-12-8(5-11)7(2)14-10;1-5-2-3-6(4-7)8-5/h3-4H,5H2,1-2H3;2-4H,1H3. The summed E-state index contributed by atoms with van der Waals surface area (Å²) in [5, 5.41) is 0. The summed E-state index contributed by atoms with van der Waals surface area (Å²) in [6, 6.07) is 7.17. The molecule has 0 N–H and O–H groups in total. The van der Waals surface area contributed by atoms with Crippen molar-refractivity contribution >= 4 is 28.9 Å². The number of oxazole rings is 1. The maximum Gasteiger partial charge on any atom is 0.263 e. The van der Waals surface area contributed by atoms with Gasteiger partial charge in [0.25, 0.3) is 5.89 Å². The van der Waals surface area contributed by atoms with Crippen LogP contribution in [0.25, 0.3) is 11.7 Å². The minimum absolute atomic E-state index is 0.391. The van der Waals surface area contributed by atoms with Crippen LogP contribution in [0.15, 0.2) is 37.5 Å². The van der Waals surface area contributed by atoms with Gasteiger partial charge in [-0.1, -0.05) is 22.6 Å². The fourth-order valence-electron chi connectivity index (χ4n) is 1.72. The van der Waals surface area contributed by atoms with E-state index in [1.54, 1.807) is 19.1 Å². The Morgan fingerprint density at radius 3 is 2.14 bits per heavy atom. The van der Waals surface area contributed by atoms with E-state index in [0.29, 0.717) is 23.7 Å². The van der Waals surface area contributed by atoms with Gasteiger partial charge >= 0.3 is 0 Å². The molecule has 116 valence electrons. The zero-order chi connectivity index (χ0) is 16.1. The van der Waals surface area contributed by atoms with E-state index < -0.39 is 0 Å². The van der Waals surface area contributed by atoms with E-state index in [2.05, 4.69) is 27.6 Å². The van der Waals surface area contributed by atoms with Gasteiger partial charge in [0, 0.05) is 4.43 Å². The largest absolute Gasteiger partial charge is 0.459 e. The molecule has 0 spiro atoms. The van der Waals surface area contributed by atoms with Gasteiger partial charge in [0.1, 0.15) is 17.3 Å². The highest BCUT2D eigenvalue weighted by molar-refractivity contribution is 14.1. The molecule has 0 saturated heterocycles. The number of carbonyl (C=O) groups is 1. The van der Waals surface area contributed by atoms with Gasteiger partial charge in [-0.25, -0.2) is 4.98 Å². The number of hydrogen-bond acceptors (Lipinski definition) is 5. The molecule has 3 aromatic rings. The van der Waals surface area contributed by atoms with Gasteiger partial charge in [-0.2, -0.15) is 0 Å². The molecule has 5 nitrogen and oxygen atoms in total. The van der Waals surface area contributed by atoms with Crippen LogP contribution < -0.4 is 0 Å². The van der Waals surface area contributed by atoms with Crippen LogP contribution in [-0.4, -0.2) is 11.3 Å². The average molecular weight is 413 g/mol. The molecule has 0 saturated carbocycles. The number of aryl methyl sites for hydroxylation is 3. The molecule has 0 aliphatic carbocycles. The van der Waals surface area contributed by atoms with E-state index in [9.17, 15) is 4.79 Å².